The van der Waals surface area contributed by atoms with Crippen LogP contribution in [0, 0.1) is 11.6 Å². The van der Waals surface area contributed by atoms with Gasteiger partial charge in [0.25, 0.3) is 5.92 Å². The molecule has 0 unspecified atom stereocenters. The second kappa shape index (κ2) is 8.57. The number of nitrogens with one attached hydrogen (secondary N) is 2. The van der Waals surface area contributed by atoms with Crippen LogP contribution in [0.4, 0.5) is 40.7 Å². The lowest BCUT2D eigenvalue weighted by atomic mass is 10.2. The number of fused-ring (bicyclic) bond motifs is 1. The molecule has 1 aliphatic heterocycles. The van der Waals surface area contributed by atoms with Crippen LogP contribution < -0.4 is 14.9 Å². The molecule has 0 saturated carbocycles. The summed E-state index contributed by atoms with van der Waals surface area (Å²) in [5.41, 5.74) is -0.851. The Morgan fingerprint density at radius 1 is 1.18 bits per heavy atom. The number of sulfonamides is 1. The summed E-state index contributed by atoms with van der Waals surface area (Å²) >= 11 is 0. The molecule has 9 nitrogen and oxygen atoms in total. The van der Waals surface area contributed by atoms with Gasteiger partial charge in [-0.3, -0.25) is 4.72 Å². The van der Waals surface area contributed by atoms with E-state index in [1.54, 1.807) is 6.92 Å². The highest BCUT2D eigenvalue weighted by atomic mass is 32.2. The van der Waals surface area contributed by atoms with Gasteiger partial charge in [0.1, 0.15) is 28.9 Å². The molecule has 0 radical (unpaired) electrons. The topological polar surface area (TPSA) is 113 Å². The fourth-order valence-electron chi connectivity index (χ4n) is 3.35. The van der Waals surface area contributed by atoms with Gasteiger partial charge < -0.3 is 10.2 Å². The van der Waals surface area contributed by atoms with Gasteiger partial charge in [0.2, 0.25) is 16.0 Å². The first-order valence-electron chi connectivity index (χ1n) is 9.94. The minimum absolute atomic E-state index is 0.000421. The summed E-state index contributed by atoms with van der Waals surface area (Å²) in [6, 6.07) is 1.86. The maximum atomic E-state index is 15.0. The number of rotatable bonds is 7. The molecule has 1 aliphatic rings. The number of anilines is 4. The van der Waals surface area contributed by atoms with Gasteiger partial charge in [-0.15, -0.1) is 0 Å². The Hall–Kier alpha value is -3.29. The molecule has 2 N–H and O–H groups in total. The Bertz CT molecular complexity index is 1310. The Kier molecular flexibility index (Phi) is 5.95. The van der Waals surface area contributed by atoms with Crippen LogP contribution in [0.15, 0.2) is 24.7 Å². The molecule has 4 rings (SSSR count). The summed E-state index contributed by atoms with van der Waals surface area (Å²) in [6.45, 7) is 1.13. The van der Waals surface area contributed by atoms with Crippen LogP contribution in [0.2, 0.25) is 0 Å². The van der Waals surface area contributed by atoms with Crippen LogP contribution in [0.1, 0.15) is 19.8 Å². The molecule has 1 aromatic carbocycles. The number of alkyl halides is 2. The normalized spacial score (nSPS) is 15.7. The third kappa shape index (κ3) is 4.89. The first kappa shape index (κ1) is 22.9. The second-order valence-corrected chi connectivity index (χ2v) is 9.33. The number of hydrogen-bond donors (Lipinski definition) is 2. The van der Waals surface area contributed by atoms with Gasteiger partial charge >= 0.3 is 0 Å². The van der Waals surface area contributed by atoms with Crippen molar-refractivity contribution in [3.63, 3.8) is 0 Å². The van der Waals surface area contributed by atoms with E-state index in [2.05, 4.69) is 30.0 Å². The minimum Gasteiger partial charge on any atom is -0.335 e. The Balaban J connectivity index is 1.70. The average Bonchev–Trinajstić information content (AvgIpc) is 3.12. The summed E-state index contributed by atoms with van der Waals surface area (Å²) in [6.07, 6.45) is 2.37. The summed E-state index contributed by atoms with van der Waals surface area (Å²) in [4.78, 5) is 17.5. The van der Waals surface area contributed by atoms with Crippen LogP contribution in [-0.2, 0) is 10.0 Å². The van der Waals surface area contributed by atoms with E-state index in [0.717, 1.165) is 18.5 Å². The smallest absolute Gasteiger partial charge is 0.267 e. The average molecular weight is 485 g/mol. The molecular weight excluding hydrogens is 466 g/mol. The lowest BCUT2D eigenvalue weighted by Gasteiger charge is -2.17. The molecule has 3 heterocycles. The maximum absolute atomic E-state index is 15.0. The third-order valence-corrected chi connectivity index (χ3v) is 6.37. The first-order chi connectivity index (χ1) is 15.6. The lowest BCUT2D eigenvalue weighted by Crippen LogP contribution is -2.26. The Morgan fingerprint density at radius 3 is 2.67 bits per heavy atom. The van der Waals surface area contributed by atoms with Gasteiger partial charge in [0.15, 0.2) is 11.6 Å². The highest BCUT2D eigenvalue weighted by molar-refractivity contribution is 7.92. The van der Waals surface area contributed by atoms with Crippen LogP contribution in [0.3, 0.4) is 0 Å². The van der Waals surface area contributed by atoms with E-state index < -0.39 is 45.5 Å². The van der Waals surface area contributed by atoms with E-state index in [4.69, 9.17) is 0 Å². The van der Waals surface area contributed by atoms with E-state index in [9.17, 15) is 21.6 Å². The lowest BCUT2D eigenvalue weighted by molar-refractivity contribution is 0.0256. The van der Waals surface area contributed by atoms with E-state index in [0.29, 0.717) is 6.42 Å². The van der Waals surface area contributed by atoms with Crippen LogP contribution in [0.25, 0.3) is 11.0 Å². The van der Waals surface area contributed by atoms with Crippen molar-refractivity contribution in [2.24, 2.45) is 0 Å². The van der Waals surface area contributed by atoms with Crippen molar-refractivity contribution >= 4 is 44.2 Å². The third-order valence-electron chi connectivity index (χ3n) is 4.89. The molecule has 14 heteroatoms. The highest BCUT2D eigenvalue weighted by Crippen LogP contribution is 2.32. The van der Waals surface area contributed by atoms with Gasteiger partial charge in [0, 0.05) is 13.0 Å². The zero-order valence-electron chi connectivity index (χ0n) is 17.3. The van der Waals surface area contributed by atoms with Crippen LogP contribution >= 0.6 is 0 Å². The number of aromatic nitrogens is 4. The van der Waals surface area contributed by atoms with E-state index >= 15 is 4.39 Å². The maximum Gasteiger partial charge on any atom is 0.267 e. The quantitative estimate of drug-likeness (QED) is 0.490. The minimum atomic E-state index is -3.82. The standard InChI is InChI=1S/C19H19F4N7O2S/c1-2-7-33(31,32)29-12-4-3-11(20)15(14(12)21)27-17-16-13(25-10-26-17)8-24-18(28-16)30-6-5-19(22,23)9-30/h3-4,8,10,29H,2,5-7,9H2,1H3,(H,25,26,27). The number of hydrogen-bond acceptors (Lipinski definition) is 8. The molecule has 0 amide bonds. The molecule has 2 aromatic heterocycles. The van der Waals surface area contributed by atoms with Crippen molar-refractivity contribution in [2.45, 2.75) is 25.7 Å². The molecule has 0 aliphatic carbocycles. The van der Waals surface area contributed by atoms with Gasteiger partial charge in [-0.1, -0.05) is 6.92 Å². The second-order valence-electron chi connectivity index (χ2n) is 7.48. The van der Waals surface area contributed by atoms with Gasteiger partial charge in [-0.05, 0) is 18.6 Å². The number of halogens is 4. The first-order valence-corrected chi connectivity index (χ1v) is 11.6. The monoisotopic (exact) mass is 485 g/mol. The van der Waals surface area contributed by atoms with Gasteiger partial charge in [-0.2, -0.15) is 0 Å². The van der Waals surface area contributed by atoms with Crippen molar-refractivity contribution in [3.8, 4) is 0 Å². The van der Waals surface area contributed by atoms with E-state index in [-0.39, 0.29) is 41.5 Å². The number of benzene rings is 1. The Morgan fingerprint density at radius 2 is 1.97 bits per heavy atom. The van der Waals surface area contributed by atoms with Crippen LogP contribution in [-0.4, -0.2) is 53.1 Å². The Labute approximate surface area is 186 Å². The van der Waals surface area contributed by atoms with Crippen molar-refractivity contribution in [2.75, 3.05) is 33.8 Å². The van der Waals surface area contributed by atoms with Crippen LogP contribution in [0.5, 0.6) is 0 Å². The van der Waals surface area contributed by atoms with Crippen molar-refractivity contribution < 1.29 is 26.0 Å². The molecule has 3 aromatic rings. The zero-order valence-corrected chi connectivity index (χ0v) is 18.1. The molecular formula is C19H19F4N7O2S. The summed E-state index contributed by atoms with van der Waals surface area (Å²) in [5.74, 6) is -5.41. The fraction of sp³-hybridized carbons (Fsp3) is 0.368. The fourth-order valence-corrected chi connectivity index (χ4v) is 4.48. The highest BCUT2D eigenvalue weighted by Gasteiger charge is 2.39. The molecule has 176 valence electrons. The van der Waals surface area contributed by atoms with Crippen molar-refractivity contribution in [3.05, 3.63) is 36.3 Å². The predicted octanol–water partition coefficient (Wildman–Crippen LogP) is 3.44. The van der Waals surface area contributed by atoms with Crippen molar-refractivity contribution in [1.82, 2.24) is 19.9 Å². The summed E-state index contributed by atoms with van der Waals surface area (Å²) < 4.78 is 82.7. The number of nitrogens with zero attached hydrogens (tertiary/aromatic N) is 5. The van der Waals surface area contributed by atoms with Gasteiger partial charge in [-0.25, -0.2) is 45.9 Å². The molecule has 0 spiro atoms. The predicted molar refractivity (Wildman–Crippen MR) is 114 cm³/mol. The zero-order chi connectivity index (χ0) is 23.8. The van der Waals surface area contributed by atoms with Gasteiger partial charge in [0.05, 0.1) is 24.2 Å². The molecule has 0 bridgehead atoms. The van der Waals surface area contributed by atoms with E-state index in [1.807, 2.05) is 0 Å². The van der Waals surface area contributed by atoms with E-state index in [1.165, 1.54) is 11.1 Å². The molecule has 33 heavy (non-hydrogen) atoms. The largest absolute Gasteiger partial charge is 0.335 e. The molecule has 1 saturated heterocycles. The summed E-state index contributed by atoms with van der Waals surface area (Å²) in [5, 5.41) is 2.48. The summed E-state index contributed by atoms with van der Waals surface area (Å²) in [7, 11) is -3.82. The van der Waals surface area contributed by atoms with Crippen molar-refractivity contribution in [1.29, 1.82) is 0 Å². The molecule has 0 atom stereocenters. The SMILES string of the molecule is CCCS(=O)(=O)Nc1ccc(F)c(Nc2ncnc3cnc(N4CCC(F)(F)C4)nc23)c1F. The molecule has 1 fully saturated rings.